The zero-order valence-electron chi connectivity index (χ0n) is 10.4. The molecule has 0 aromatic heterocycles. The van der Waals surface area contributed by atoms with Gasteiger partial charge in [0.1, 0.15) is 0 Å². The quantitative estimate of drug-likeness (QED) is 0.730. The molecular formula is C14H19BrClN. The van der Waals surface area contributed by atoms with Crippen molar-refractivity contribution in [1.82, 2.24) is 0 Å². The highest BCUT2D eigenvalue weighted by molar-refractivity contribution is 9.08. The van der Waals surface area contributed by atoms with Gasteiger partial charge in [-0.3, -0.25) is 0 Å². The number of alkyl halides is 1. The second kappa shape index (κ2) is 5.62. The standard InChI is InChI=1S/C14H19BrClN/c1-10(2)12-5-6-17(9-12)14-4-3-11(8-15)7-13(14)16/h3-4,7,10,12H,5-6,8-9H2,1-2H3. The highest BCUT2D eigenvalue weighted by Gasteiger charge is 2.25. The van der Waals surface area contributed by atoms with E-state index >= 15 is 0 Å². The topological polar surface area (TPSA) is 3.24 Å². The molecular weight excluding hydrogens is 298 g/mol. The van der Waals surface area contributed by atoms with E-state index in [4.69, 9.17) is 11.6 Å². The van der Waals surface area contributed by atoms with E-state index in [2.05, 4.69) is 52.9 Å². The molecule has 1 aromatic carbocycles. The summed E-state index contributed by atoms with van der Waals surface area (Å²) in [4.78, 5) is 2.42. The number of hydrogen-bond acceptors (Lipinski definition) is 1. The van der Waals surface area contributed by atoms with Crippen LogP contribution in [0.1, 0.15) is 25.8 Å². The predicted octanol–water partition coefficient (Wildman–Crippen LogP) is 4.72. The van der Waals surface area contributed by atoms with E-state index in [1.54, 1.807) is 0 Å². The number of nitrogens with zero attached hydrogens (tertiary/aromatic N) is 1. The Bertz CT molecular complexity index is 392. The lowest BCUT2D eigenvalue weighted by Crippen LogP contribution is -2.21. The van der Waals surface area contributed by atoms with Crippen molar-refractivity contribution in [2.45, 2.75) is 25.6 Å². The van der Waals surface area contributed by atoms with E-state index < -0.39 is 0 Å². The molecule has 1 aliphatic rings. The first-order chi connectivity index (χ1) is 8.11. The average Bonchev–Trinajstić information content (AvgIpc) is 2.78. The van der Waals surface area contributed by atoms with Gasteiger partial charge in [-0.2, -0.15) is 0 Å². The first kappa shape index (κ1) is 13.2. The highest BCUT2D eigenvalue weighted by atomic mass is 79.9. The van der Waals surface area contributed by atoms with Crippen LogP contribution in [0.5, 0.6) is 0 Å². The van der Waals surface area contributed by atoms with E-state index in [-0.39, 0.29) is 0 Å². The predicted molar refractivity (Wildman–Crippen MR) is 79.2 cm³/mol. The Kier molecular flexibility index (Phi) is 4.37. The van der Waals surface area contributed by atoms with Gasteiger partial charge in [0.05, 0.1) is 10.7 Å². The first-order valence-electron chi connectivity index (χ1n) is 6.21. The Labute approximate surface area is 117 Å². The molecule has 0 aliphatic carbocycles. The van der Waals surface area contributed by atoms with Gasteiger partial charge < -0.3 is 4.90 Å². The van der Waals surface area contributed by atoms with Gasteiger partial charge in [0.2, 0.25) is 0 Å². The summed E-state index contributed by atoms with van der Waals surface area (Å²) in [5.74, 6) is 1.57. The molecule has 0 amide bonds. The summed E-state index contributed by atoms with van der Waals surface area (Å²) < 4.78 is 0. The monoisotopic (exact) mass is 315 g/mol. The average molecular weight is 317 g/mol. The normalized spacial score (nSPS) is 20.3. The van der Waals surface area contributed by atoms with Crippen LogP contribution in [0.3, 0.4) is 0 Å². The van der Waals surface area contributed by atoms with Crippen LogP contribution in [-0.2, 0) is 5.33 Å². The third kappa shape index (κ3) is 2.97. The largest absolute Gasteiger partial charge is 0.370 e. The van der Waals surface area contributed by atoms with Crippen molar-refractivity contribution in [1.29, 1.82) is 0 Å². The van der Waals surface area contributed by atoms with Crippen LogP contribution in [0.4, 0.5) is 5.69 Å². The van der Waals surface area contributed by atoms with Crippen molar-refractivity contribution in [3.63, 3.8) is 0 Å². The van der Waals surface area contributed by atoms with E-state index in [9.17, 15) is 0 Å². The van der Waals surface area contributed by atoms with Crippen LogP contribution in [0.15, 0.2) is 18.2 Å². The summed E-state index contributed by atoms with van der Waals surface area (Å²) in [5, 5.41) is 1.74. The molecule has 3 heteroatoms. The molecule has 0 spiro atoms. The van der Waals surface area contributed by atoms with Crippen molar-refractivity contribution >= 4 is 33.2 Å². The van der Waals surface area contributed by atoms with E-state index in [1.165, 1.54) is 17.7 Å². The molecule has 94 valence electrons. The van der Waals surface area contributed by atoms with Crippen LogP contribution < -0.4 is 4.90 Å². The smallest absolute Gasteiger partial charge is 0.0642 e. The maximum atomic E-state index is 6.35. The summed E-state index contributed by atoms with van der Waals surface area (Å²) in [7, 11) is 0. The molecule has 17 heavy (non-hydrogen) atoms. The maximum Gasteiger partial charge on any atom is 0.0642 e. The third-order valence-electron chi connectivity index (χ3n) is 3.67. The molecule has 1 aromatic rings. The van der Waals surface area contributed by atoms with Gasteiger partial charge in [0.25, 0.3) is 0 Å². The fraction of sp³-hybridized carbons (Fsp3) is 0.571. The van der Waals surface area contributed by atoms with Gasteiger partial charge in [-0.15, -0.1) is 0 Å². The highest BCUT2D eigenvalue weighted by Crippen LogP contribution is 2.33. The second-order valence-corrected chi connectivity index (χ2v) is 6.13. The minimum Gasteiger partial charge on any atom is -0.370 e. The molecule has 1 nitrogen and oxygen atoms in total. The molecule has 1 saturated heterocycles. The zero-order valence-corrected chi connectivity index (χ0v) is 12.8. The van der Waals surface area contributed by atoms with Gasteiger partial charge in [-0.05, 0) is 36.0 Å². The summed E-state index contributed by atoms with van der Waals surface area (Å²) in [6.45, 7) is 6.90. The Morgan fingerprint density at radius 1 is 1.47 bits per heavy atom. The fourth-order valence-corrected chi connectivity index (χ4v) is 3.11. The van der Waals surface area contributed by atoms with Gasteiger partial charge in [-0.25, -0.2) is 0 Å². The second-order valence-electron chi connectivity index (χ2n) is 5.16. The molecule has 1 aliphatic heterocycles. The molecule has 1 unspecified atom stereocenters. The maximum absolute atomic E-state index is 6.35. The number of halogens is 2. The SMILES string of the molecule is CC(C)C1CCN(c2ccc(CBr)cc2Cl)C1. The molecule has 2 rings (SSSR count). The fourth-order valence-electron chi connectivity index (χ4n) is 2.44. The number of hydrogen-bond donors (Lipinski definition) is 0. The molecule has 0 saturated carbocycles. The summed E-state index contributed by atoms with van der Waals surface area (Å²) in [5.41, 5.74) is 2.43. The lowest BCUT2D eigenvalue weighted by molar-refractivity contribution is 0.423. The third-order valence-corrected chi connectivity index (χ3v) is 4.62. The minimum absolute atomic E-state index is 0.764. The summed E-state index contributed by atoms with van der Waals surface area (Å²) in [6.07, 6.45) is 1.29. The number of rotatable bonds is 3. The molecule has 0 radical (unpaired) electrons. The van der Waals surface area contributed by atoms with Crippen molar-refractivity contribution in [3.8, 4) is 0 Å². The summed E-state index contributed by atoms with van der Waals surface area (Å²) in [6, 6.07) is 6.37. The molecule has 1 atom stereocenters. The minimum atomic E-state index is 0.764. The lowest BCUT2D eigenvalue weighted by atomic mass is 9.95. The van der Waals surface area contributed by atoms with Crippen molar-refractivity contribution in [3.05, 3.63) is 28.8 Å². The van der Waals surface area contributed by atoms with Crippen molar-refractivity contribution in [2.24, 2.45) is 11.8 Å². The lowest BCUT2D eigenvalue weighted by Gasteiger charge is -2.21. The van der Waals surface area contributed by atoms with Gasteiger partial charge in [0.15, 0.2) is 0 Å². The Morgan fingerprint density at radius 3 is 2.76 bits per heavy atom. The number of benzene rings is 1. The molecule has 1 fully saturated rings. The van der Waals surface area contributed by atoms with Gasteiger partial charge in [0, 0.05) is 18.4 Å². The van der Waals surface area contributed by atoms with Crippen LogP contribution >= 0.6 is 27.5 Å². The van der Waals surface area contributed by atoms with E-state index in [0.717, 1.165) is 35.3 Å². The van der Waals surface area contributed by atoms with E-state index in [0.29, 0.717) is 0 Å². The molecule has 0 N–H and O–H groups in total. The Hall–Kier alpha value is -0.210. The van der Waals surface area contributed by atoms with Crippen LogP contribution in [-0.4, -0.2) is 13.1 Å². The Balaban J connectivity index is 2.13. The van der Waals surface area contributed by atoms with Crippen molar-refractivity contribution in [2.75, 3.05) is 18.0 Å². The van der Waals surface area contributed by atoms with Gasteiger partial charge in [-0.1, -0.05) is 47.4 Å². The summed E-state index contributed by atoms with van der Waals surface area (Å²) >= 11 is 9.81. The van der Waals surface area contributed by atoms with Gasteiger partial charge >= 0.3 is 0 Å². The Morgan fingerprint density at radius 2 is 2.24 bits per heavy atom. The van der Waals surface area contributed by atoms with Crippen molar-refractivity contribution < 1.29 is 0 Å². The van der Waals surface area contributed by atoms with Crippen LogP contribution in [0.25, 0.3) is 0 Å². The van der Waals surface area contributed by atoms with Crippen LogP contribution in [0, 0.1) is 11.8 Å². The zero-order chi connectivity index (χ0) is 12.4. The van der Waals surface area contributed by atoms with E-state index in [1.807, 2.05) is 0 Å². The first-order valence-corrected chi connectivity index (χ1v) is 7.71. The number of anilines is 1. The van der Waals surface area contributed by atoms with Crippen LogP contribution in [0.2, 0.25) is 5.02 Å². The molecule has 0 bridgehead atoms. The molecule has 1 heterocycles.